The highest BCUT2D eigenvalue weighted by Gasteiger charge is 2.08. The van der Waals surface area contributed by atoms with Crippen molar-refractivity contribution in [2.24, 2.45) is 5.11 Å². The number of hydrogen-bond acceptors (Lipinski definition) is 4. The number of hydrazine groups is 1. The first-order valence-electron chi connectivity index (χ1n) is 8.04. The van der Waals surface area contributed by atoms with Crippen LogP contribution < -0.4 is 5.43 Å². The zero-order valence-electron chi connectivity index (χ0n) is 13.4. The second kappa shape index (κ2) is 11.9. The van der Waals surface area contributed by atoms with E-state index in [1.54, 1.807) is 6.07 Å². The highest BCUT2D eigenvalue weighted by molar-refractivity contribution is 5.31. The molecule has 2 N–H and O–H groups in total. The molecule has 6 nitrogen and oxygen atoms in total. The number of nitrogens with zero attached hydrogens (tertiary/aromatic N) is 4. The van der Waals surface area contributed by atoms with Gasteiger partial charge in [-0.3, -0.25) is 5.43 Å². The zero-order chi connectivity index (χ0) is 16.0. The number of azide groups is 1. The minimum Gasteiger partial charge on any atom is -0.508 e. The van der Waals surface area contributed by atoms with Crippen LogP contribution >= 0.6 is 0 Å². The molecule has 0 bridgehead atoms. The molecule has 0 aromatic heterocycles. The van der Waals surface area contributed by atoms with Gasteiger partial charge in [-0.1, -0.05) is 43.1 Å². The van der Waals surface area contributed by atoms with E-state index in [0.29, 0.717) is 18.8 Å². The minimum absolute atomic E-state index is 0.330. The summed E-state index contributed by atoms with van der Waals surface area (Å²) in [5, 5.41) is 15.6. The SMILES string of the molecule is CCCCCNN(CCCCN=[N+]=[N-])Cc1ccccc1O. The molecule has 0 saturated heterocycles. The van der Waals surface area contributed by atoms with Crippen molar-refractivity contribution in [2.45, 2.75) is 45.6 Å². The van der Waals surface area contributed by atoms with Crippen LogP contribution in [0.4, 0.5) is 0 Å². The van der Waals surface area contributed by atoms with Crippen LogP contribution in [-0.4, -0.2) is 29.7 Å². The molecule has 0 radical (unpaired) electrons. The lowest BCUT2D eigenvalue weighted by Gasteiger charge is -2.24. The van der Waals surface area contributed by atoms with Gasteiger partial charge < -0.3 is 5.11 Å². The average molecular weight is 305 g/mol. The maximum absolute atomic E-state index is 9.90. The molecule has 1 aromatic rings. The Bertz CT molecular complexity index is 460. The van der Waals surface area contributed by atoms with Gasteiger partial charge in [-0.2, -0.15) is 0 Å². The van der Waals surface area contributed by atoms with E-state index in [2.05, 4.69) is 27.4 Å². The molecule has 0 heterocycles. The van der Waals surface area contributed by atoms with E-state index < -0.39 is 0 Å². The average Bonchev–Trinajstić information content (AvgIpc) is 2.53. The van der Waals surface area contributed by atoms with E-state index in [9.17, 15) is 5.11 Å². The molecule has 0 unspecified atom stereocenters. The Morgan fingerprint density at radius 3 is 2.77 bits per heavy atom. The lowest BCUT2D eigenvalue weighted by molar-refractivity contribution is 0.172. The number of phenols is 1. The van der Waals surface area contributed by atoms with Crippen LogP contribution in [0.5, 0.6) is 5.75 Å². The number of benzene rings is 1. The van der Waals surface area contributed by atoms with Gasteiger partial charge in [0, 0.05) is 36.7 Å². The maximum atomic E-state index is 9.90. The van der Waals surface area contributed by atoms with Gasteiger partial charge in [0.1, 0.15) is 5.75 Å². The van der Waals surface area contributed by atoms with Crippen molar-refractivity contribution in [3.8, 4) is 5.75 Å². The van der Waals surface area contributed by atoms with Gasteiger partial charge in [-0.25, -0.2) is 5.01 Å². The van der Waals surface area contributed by atoms with Gasteiger partial charge in [0.25, 0.3) is 0 Å². The number of hydrogen-bond donors (Lipinski definition) is 2. The second-order valence-corrected chi connectivity index (χ2v) is 5.33. The lowest BCUT2D eigenvalue weighted by atomic mass is 10.2. The Kier molecular flexibility index (Phi) is 9.87. The molecule has 6 heteroatoms. The normalized spacial score (nSPS) is 10.6. The summed E-state index contributed by atoms with van der Waals surface area (Å²) in [5.74, 6) is 0.330. The summed E-state index contributed by atoms with van der Waals surface area (Å²) in [4.78, 5) is 2.76. The molecule has 0 aliphatic carbocycles. The summed E-state index contributed by atoms with van der Waals surface area (Å²) in [6.07, 6.45) is 5.39. The summed E-state index contributed by atoms with van der Waals surface area (Å²) in [5.41, 5.74) is 12.6. The standard InChI is InChI=1S/C16H27N5O/c1-2-3-6-12-19-21(13-8-7-11-18-20-17)14-15-9-4-5-10-16(15)22/h4-5,9-10,19,22H,2-3,6-8,11-14H2,1H3. The fourth-order valence-corrected chi connectivity index (χ4v) is 2.21. The lowest BCUT2D eigenvalue weighted by Crippen LogP contribution is -2.38. The molecule has 0 aliphatic rings. The van der Waals surface area contributed by atoms with Crippen molar-refractivity contribution in [1.82, 2.24) is 10.4 Å². The Morgan fingerprint density at radius 1 is 1.23 bits per heavy atom. The van der Waals surface area contributed by atoms with Gasteiger partial charge in [-0.15, -0.1) is 0 Å². The molecular weight excluding hydrogens is 278 g/mol. The Balaban J connectivity index is 2.45. The van der Waals surface area contributed by atoms with Crippen LogP contribution in [0.1, 0.15) is 44.6 Å². The zero-order valence-corrected chi connectivity index (χ0v) is 13.4. The summed E-state index contributed by atoms with van der Waals surface area (Å²) >= 11 is 0. The topological polar surface area (TPSA) is 84.3 Å². The van der Waals surface area contributed by atoms with E-state index in [-0.39, 0.29) is 0 Å². The molecule has 0 spiro atoms. The fraction of sp³-hybridized carbons (Fsp3) is 0.625. The number of nitrogens with one attached hydrogen (secondary N) is 1. The van der Waals surface area contributed by atoms with Crippen molar-refractivity contribution < 1.29 is 5.11 Å². The van der Waals surface area contributed by atoms with Gasteiger partial charge >= 0.3 is 0 Å². The van der Waals surface area contributed by atoms with Gasteiger partial charge in [-0.05, 0) is 30.9 Å². The second-order valence-electron chi connectivity index (χ2n) is 5.33. The smallest absolute Gasteiger partial charge is 0.120 e. The predicted molar refractivity (Wildman–Crippen MR) is 89.3 cm³/mol. The summed E-state index contributed by atoms with van der Waals surface area (Å²) in [6.45, 7) is 5.20. The summed E-state index contributed by atoms with van der Waals surface area (Å²) in [6, 6.07) is 7.42. The molecule has 0 aliphatic heterocycles. The third-order valence-corrected chi connectivity index (χ3v) is 3.47. The summed E-state index contributed by atoms with van der Waals surface area (Å²) in [7, 11) is 0. The fourth-order valence-electron chi connectivity index (χ4n) is 2.21. The molecule has 0 amide bonds. The Labute approximate surface area is 132 Å². The van der Waals surface area contributed by atoms with Gasteiger partial charge in [0.15, 0.2) is 0 Å². The first kappa shape index (κ1) is 18.3. The van der Waals surface area contributed by atoms with E-state index in [4.69, 9.17) is 5.53 Å². The van der Waals surface area contributed by atoms with Crippen LogP contribution in [-0.2, 0) is 6.54 Å². The van der Waals surface area contributed by atoms with Crippen LogP contribution in [0.15, 0.2) is 29.4 Å². The Hall–Kier alpha value is -1.75. The summed E-state index contributed by atoms with van der Waals surface area (Å²) < 4.78 is 0. The van der Waals surface area contributed by atoms with Crippen molar-refractivity contribution in [2.75, 3.05) is 19.6 Å². The maximum Gasteiger partial charge on any atom is 0.120 e. The van der Waals surface area contributed by atoms with E-state index in [0.717, 1.165) is 37.9 Å². The monoisotopic (exact) mass is 305 g/mol. The number of phenolic OH excluding ortho intramolecular Hbond substituents is 1. The third kappa shape index (κ3) is 7.88. The molecule has 1 rings (SSSR count). The number of rotatable bonds is 12. The van der Waals surface area contributed by atoms with Crippen LogP contribution in [0.2, 0.25) is 0 Å². The van der Waals surface area contributed by atoms with Crippen molar-refractivity contribution in [3.05, 3.63) is 40.3 Å². The van der Waals surface area contributed by atoms with Crippen molar-refractivity contribution in [1.29, 1.82) is 0 Å². The van der Waals surface area contributed by atoms with Gasteiger partial charge in [0.2, 0.25) is 0 Å². The molecule has 0 fully saturated rings. The molecule has 1 aromatic carbocycles. The number of unbranched alkanes of at least 4 members (excludes halogenated alkanes) is 3. The van der Waals surface area contributed by atoms with Crippen molar-refractivity contribution in [3.63, 3.8) is 0 Å². The van der Waals surface area contributed by atoms with Gasteiger partial charge in [0.05, 0.1) is 0 Å². The van der Waals surface area contributed by atoms with Crippen molar-refractivity contribution >= 4 is 0 Å². The predicted octanol–water partition coefficient (Wildman–Crippen LogP) is 3.98. The largest absolute Gasteiger partial charge is 0.508 e. The van der Waals surface area contributed by atoms with E-state index >= 15 is 0 Å². The molecule has 0 saturated carbocycles. The minimum atomic E-state index is 0.330. The van der Waals surface area contributed by atoms with Crippen LogP contribution in [0.3, 0.4) is 0 Å². The molecular formula is C16H27N5O. The number of para-hydroxylation sites is 1. The first-order chi connectivity index (χ1) is 10.8. The Morgan fingerprint density at radius 2 is 2.05 bits per heavy atom. The highest BCUT2D eigenvalue weighted by atomic mass is 16.3. The first-order valence-corrected chi connectivity index (χ1v) is 8.04. The molecule has 0 atom stereocenters. The molecule has 22 heavy (non-hydrogen) atoms. The van der Waals surface area contributed by atoms with E-state index in [1.165, 1.54) is 12.8 Å². The quantitative estimate of drug-likeness (QED) is 0.201. The highest BCUT2D eigenvalue weighted by Crippen LogP contribution is 2.17. The third-order valence-electron chi connectivity index (χ3n) is 3.47. The van der Waals surface area contributed by atoms with E-state index in [1.807, 2.05) is 18.2 Å². The number of aromatic hydroxyl groups is 1. The van der Waals surface area contributed by atoms with Crippen LogP contribution in [0, 0.1) is 0 Å². The molecule has 122 valence electrons. The van der Waals surface area contributed by atoms with Crippen LogP contribution in [0.25, 0.3) is 10.4 Å².